The van der Waals surface area contributed by atoms with Crippen LogP contribution in [0, 0.1) is 17.6 Å². The fourth-order valence-corrected chi connectivity index (χ4v) is 1.59. The third-order valence-electron chi connectivity index (χ3n) is 2.56. The first kappa shape index (κ1) is 10.2. The number of fused-ring (bicyclic) bond motifs is 1. The molecule has 1 aromatic rings. The van der Waals surface area contributed by atoms with E-state index in [9.17, 15) is 8.78 Å². The number of ether oxygens (including phenoxy) is 1. The quantitative estimate of drug-likeness (QED) is 0.774. The molecule has 0 saturated carbocycles. The zero-order valence-corrected chi connectivity index (χ0v) is 8.68. The summed E-state index contributed by atoms with van der Waals surface area (Å²) in [5.74, 6) is -0.774. The van der Waals surface area contributed by atoms with E-state index in [2.05, 4.69) is 5.32 Å². The molecule has 1 unspecified atom stereocenters. The highest BCUT2D eigenvalue weighted by Gasteiger charge is 2.24. The largest absolute Gasteiger partial charge is 0.486 e. The lowest BCUT2D eigenvalue weighted by molar-refractivity contribution is 0.246. The molecule has 0 saturated heterocycles. The Bertz CT molecular complexity index is 379. The number of hydrogen-bond donors (Lipinski definition) is 1. The van der Waals surface area contributed by atoms with Crippen LogP contribution in [0.3, 0.4) is 0 Å². The van der Waals surface area contributed by atoms with E-state index < -0.39 is 11.6 Å². The summed E-state index contributed by atoms with van der Waals surface area (Å²) in [7, 11) is 0. The van der Waals surface area contributed by atoms with Crippen molar-refractivity contribution in [2.45, 2.75) is 19.9 Å². The van der Waals surface area contributed by atoms with Crippen molar-refractivity contribution in [1.29, 1.82) is 0 Å². The van der Waals surface area contributed by atoms with Crippen LogP contribution in [-0.2, 0) is 0 Å². The number of nitrogens with one attached hydrogen (secondary N) is 1. The smallest absolute Gasteiger partial charge is 0.178 e. The van der Waals surface area contributed by atoms with Crippen molar-refractivity contribution in [3.05, 3.63) is 23.8 Å². The van der Waals surface area contributed by atoms with Crippen molar-refractivity contribution in [3.63, 3.8) is 0 Å². The lowest BCUT2D eigenvalue weighted by atomic mass is 10.0. The molecule has 1 aliphatic rings. The molecule has 0 spiro atoms. The van der Waals surface area contributed by atoms with Gasteiger partial charge < -0.3 is 10.1 Å². The molecular weight excluding hydrogens is 200 g/mol. The minimum atomic E-state index is -0.653. The Morgan fingerprint density at radius 1 is 1.40 bits per heavy atom. The van der Waals surface area contributed by atoms with Crippen molar-refractivity contribution in [2.24, 2.45) is 5.92 Å². The molecule has 4 heteroatoms. The molecule has 0 aromatic heterocycles. The van der Waals surface area contributed by atoms with Gasteiger partial charge in [0, 0.05) is 12.1 Å². The summed E-state index contributed by atoms with van der Waals surface area (Å²) in [6.07, 6.45) is 0. The third kappa shape index (κ3) is 1.89. The van der Waals surface area contributed by atoms with E-state index in [1.54, 1.807) is 0 Å². The van der Waals surface area contributed by atoms with Crippen molar-refractivity contribution < 1.29 is 13.5 Å². The highest BCUT2D eigenvalue weighted by Crippen LogP contribution is 2.33. The minimum absolute atomic E-state index is 0.0960. The summed E-state index contributed by atoms with van der Waals surface area (Å²) in [4.78, 5) is 0. The fraction of sp³-hybridized carbons (Fsp3) is 0.455. The van der Waals surface area contributed by atoms with Crippen LogP contribution in [0.2, 0.25) is 0 Å². The highest BCUT2D eigenvalue weighted by atomic mass is 19.1. The van der Waals surface area contributed by atoms with Gasteiger partial charge in [0.1, 0.15) is 12.4 Å². The first-order chi connectivity index (χ1) is 7.08. The van der Waals surface area contributed by atoms with Gasteiger partial charge in [-0.05, 0) is 5.92 Å². The summed E-state index contributed by atoms with van der Waals surface area (Å²) in [5.41, 5.74) is 0.400. The number of halogens is 2. The second-order valence-electron chi connectivity index (χ2n) is 4.07. The second-order valence-corrected chi connectivity index (χ2v) is 4.07. The lowest BCUT2D eigenvalue weighted by Crippen LogP contribution is -2.36. The van der Waals surface area contributed by atoms with Gasteiger partial charge in [0.05, 0.1) is 11.7 Å². The van der Waals surface area contributed by atoms with Crippen LogP contribution in [0.25, 0.3) is 0 Å². The van der Waals surface area contributed by atoms with E-state index in [1.807, 2.05) is 13.8 Å². The normalized spacial score (nSPS) is 19.4. The summed E-state index contributed by atoms with van der Waals surface area (Å²) in [6, 6.07) is 2.18. The molecule has 0 fully saturated rings. The molecule has 82 valence electrons. The maximum absolute atomic E-state index is 13.3. The van der Waals surface area contributed by atoms with Crippen LogP contribution in [-0.4, -0.2) is 12.6 Å². The molecule has 2 nitrogen and oxygen atoms in total. The first-order valence-corrected chi connectivity index (χ1v) is 4.96. The summed E-state index contributed by atoms with van der Waals surface area (Å²) < 4.78 is 31.5. The van der Waals surface area contributed by atoms with Crippen LogP contribution in [0.15, 0.2) is 12.1 Å². The molecule has 0 bridgehead atoms. The van der Waals surface area contributed by atoms with Crippen LogP contribution < -0.4 is 10.1 Å². The van der Waals surface area contributed by atoms with Crippen molar-refractivity contribution in [2.75, 3.05) is 11.9 Å². The Hall–Kier alpha value is -1.32. The number of anilines is 1. The molecule has 1 aliphatic heterocycles. The molecule has 1 atom stereocenters. The van der Waals surface area contributed by atoms with Crippen molar-refractivity contribution in [3.8, 4) is 5.75 Å². The van der Waals surface area contributed by atoms with Gasteiger partial charge in [-0.2, -0.15) is 0 Å². The first-order valence-electron chi connectivity index (χ1n) is 4.96. The Morgan fingerprint density at radius 3 is 2.80 bits per heavy atom. The summed E-state index contributed by atoms with van der Waals surface area (Å²) >= 11 is 0. The van der Waals surface area contributed by atoms with Gasteiger partial charge in [-0.25, -0.2) is 8.78 Å². The Labute approximate surface area is 87.2 Å². The predicted octanol–water partition coefficient (Wildman–Crippen LogP) is 2.79. The average Bonchev–Trinajstić information content (AvgIpc) is 2.16. The van der Waals surface area contributed by atoms with E-state index in [1.165, 1.54) is 6.07 Å². The van der Waals surface area contributed by atoms with Crippen LogP contribution in [0.4, 0.5) is 14.5 Å². The van der Waals surface area contributed by atoms with Gasteiger partial charge in [0.15, 0.2) is 11.6 Å². The van der Waals surface area contributed by atoms with Crippen LogP contribution in [0.1, 0.15) is 13.8 Å². The molecule has 0 radical (unpaired) electrons. The second kappa shape index (κ2) is 3.68. The highest BCUT2D eigenvalue weighted by molar-refractivity contribution is 5.59. The van der Waals surface area contributed by atoms with E-state index in [4.69, 9.17) is 4.74 Å². The predicted molar refractivity (Wildman–Crippen MR) is 54.1 cm³/mol. The van der Waals surface area contributed by atoms with Gasteiger partial charge >= 0.3 is 0 Å². The zero-order chi connectivity index (χ0) is 11.0. The molecule has 1 N–H and O–H groups in total. The molecule has 1 heterocycles. The average molecular weight is 213 g/mol. The van der Waals surface area contributed by atoms with Gasteiger partial charge in [-0.15, -0.1) is 0 Å². The topological polar surface area (TPSA) is 21.3 Å². The van der Waals surface area contributed by atoms with Gasteiger partial charge in [0.25, 0.3) is 0 Å². The third-order valence-corrected chi connectivity index (χ3v) is 2.56. The maximum Gasteiger partial charge on any atom is 0.178 e. The van der Waals surface area contributed by atoms with E-state index >= 15 is 0 Å². The number of rotatable bonds is 1. The molecule has 0 amide bonds. The number of benzene rings is 1. The van der Waals surface area contributed by atoms with Gasteiger partial charge in [-0.3, -0.25) is 0 Å². The molecular formula is C11H13F2NO. The fourth-order valence-electron chi connectivity index (χ4n) is 1.59. The Morgan fingerprint density at radius 2 is 2.13 bits per heavy atom. The van der Waals surface area contributed by atoms with E-state index in [0.29, 0.717) is 18.2 Å². The van der Waals surface area contributed by atoms with Crippen LogP contribution >= 0.6 is 0 Å². The van der Waals surface area contributed by atoms with E-state index in [-0.39, 0.29) is 11.8 Å². The van der Waals surface area contributed by atoms with Gasteiger partial charge in [0.2, 0.25) is 0 Å². The molecule has 0 aliphatic carbocycles. The maximum atomic E-state index is 13.3. The van der Waals surface area contributed by atoms with Crippen molar-refractivity contribution >= 4 is 5.69 Å². The monoisotopic (exact) mass is 213 g/mol. The molecule has 1 aromatic carbocycles. The zero-order valence-electron chi connectivity index (χ0n) is 8.68. The van der Waals surface area contributed by atoms with Crippen molar-refractivity contribution in [1.82, 2.24) is 0 Å². The standard InChI is InChI=1S/C11H13F2NO/c1-6(2)10-5-15-11-8(13)3-7(12)4-9(11)14-10/h3-4,6,10,14H,5H2,1-2H3. The number of hydrogen-bond acceptors (Lipinski definition) is 2. The Kier molecular flexibility index (Phi) is 2.50. The molecule has 2 rings (SSSR count). The Balaban J connectivity index is 2.33. The van der Waals surface area contributed by atoms with E-state index in [0.717, 1.165) is 6.07 Å². The molecule has 15 heavy (non-hydrogen) atoms. The summed E-state index contributed by atoms with van der Waals surface area (Å²) in [6.45, 7) is 4.47. The minimum Gasteiger partial charge on any atom is -0.486 e. The SMILES string of the molecule is CC(C)C1COc2c(F)cc(F)cc2N1. The van der Waals surface area contributed by atoms with Gasteiger partial charge in [-0.1, -0.05) is 13.8 Å². The summed E-state index contributed by atoms with van der Waals surface area (Å²) in [5, 5.41) is 3.07. The lowest BCUT2D eigenvalue weighted by Gasteiger charge is -2.30. The van der Waals surface area contributed by atoms with Crippen LogP contribution in [0.5, 0.6) is 5.75 Å².